The number of aromatic nitrogens is 2. The van der Waals surface area contributed by atoms with Crippen LogP contribution in [0.15, 0.2) is 22.7 Å². The molecule has 0 spiro atoms. The van der Waals surface area contributed by atoms with Crippen molar-refractivity contribution in [2.45, 2.75) is 13.8 Å². The number of anilines is 2. The zero-order chi connectivity index (χ0) is 14.7. The van der Waals surface area contributed by atoms with Crippen molar-refractivity contribution in [2.24, 2.45) is 0 Å². The Kier molecular flexibility index (Phi) is 4.46. The van der Waals surface area contributed by atoms with E-state index in [9.17, 15) is 9.59 Å². The van der Waals surface area contributed by atoms with Crippen molar-refractivity contribution in [1.82, 2.24) is 10.2 Å². The van der Waals surface area contributed by atoms with Crippen molar-refractivity contribution in [3.8, 4) is 0 Å². The summed E-state index contributed by atoms with van der Waals surface area (Å²) in [6, 6.07) is 5.28. The second-order valence-corrected chi connectivity index (χ2v) is 6.03. The van der Waals surface area contributed by atoms with Gasteiger partial charge in [0.05, 0.1) is 0 Å². The lowest BCUT2D eigenvalue weighted by molar-refractivity contribution is -0.133. The standard InChI is InChI=1S/C12H11BrN4O2S/c1-6-5-8(3-4-9(6)13)14-10(18)11(19)15-12-17-16-7(2)20-12/h3-5H,1-2H3,(H,14,18)(H,15,17,19). The van der Waals surface area contributed by atoms with Crippen molar-refractivity contribution in [1.29, 1.82) is 0 Å². The highest BCUT2D eigenvalue weighted by Crippen LogP contribution is 2.20. The molecule has 1 aromatic heterocycles. The fourth-order valence-corrected chi connectivity index (χ4v) is 2.24. The van der Waals surface area contributed by atoms with Crippen LogP contribution in [0.3, 0.4) is 0 Å². The average molecular weight is 355 g/mol. The van der Waals surface area contributed by atoms with Gasteiger partial charge in [-0.1, -0.05) is 27.3 Å². The quantitative estimate of drug-likeness (QED) is 0.811. The summed E-state index contributed by atoms with van der Waals surface area (Å²) in [4.78, 5) is 23.4. The van der Waals surface area contributed by atoms with Gasteiger partial charge in [0.15, 0.2) is 0 Å². The minimum Gasteiger partial charge on any atom is -0.318 e. The summed E-state index contributed by atoms with van der Waals surface area (Å²) in [5.41, 5.74) is 1.52. The van der Waals surface area contributed by atoms with Crippen LogP contribution in [0.1, 0.15) is 10.6 Å². The normalized spacial score (nSPS) is 10.2. The molecule has 1 aromatic carbocycles. The molecule has 6 nitrogen and oxygen atoms in total. The molecule has 0 fully saturated rings. The van der Waals surface area contributed by atoms with E-state index in [1.54, 1.807) is 25.1 Å². The predicted molar refractivity (Wildman–Crippen MR) is 80.8 cm³/mol. The Balaban J connectivity index is 2.00. The number of carbonyl (C=O) groups excluding carboxylic acids is 2. The van der Waals surface area contributed by atoms with Crippen molar-refractivity contribution < 1.29 is 9.59 Å². The van der Waals surface area contributed by atoms with E-state index < -0.39 is 11.8 Å². The van der Waals surface area contributed by atoms with Crippen LogP contribution in [0.5, 0.6) is 0 Å². The minimum atomic E-state index is -0.776. The zero-order valence-corrected chi connectivity index (χ0v) is 13.1. The Hall–Kier alpha value is -1.80. The van der Waals surface area contributed by atoms with Crippen LogP contribution in [-0.4, -0.2) is 22.0 Å². The minimum absolute atomic E-state index is 0.301. The Morgan fingerprint density at radius 2 is 1.85 bits per heavy atom. The van der Waals surface area contributed by atoms with Crippen LogP contribution in [0, 0.1) is 13.8 Å². The third kappa shape index (κ3) is 3.61. The smallest absolute Gasteiger partial charge is 0.315 e. The number of amides is 2. The molecule has 0 bridgehead atoms. The molecule has 1 heterocycles. The molecule has 0 saturated carbocycles. The van der Waals surface area contributed by atoms with Crippen molar-refractivity contribution in [3.05, 3.63) is 33.2 Å². The molecular weight excluding hydrogens is 344 g/mol. The van der Waals surface area contributed by atoms with Gasteiger partial charge in [-0.3, -0.25) is 14.9 Å². The third-order valence-electron chi connectivity index (χ3n) is 2.37. The van der Waals surface area contributed by atoms with E-state index in [4.69, 9.17) is 0 Å². The van der Waals surface area contributed by atoms with Gasteiger partial charge in [0.1, 0.15) is 5.01 Å². The maximum atomic E-state index is 11.7. The Morgan fingerprint density at radius 3 is 2.45 bits per heavy atom. The number of nitrogens with one attached hydrogen (secondary N) is 2. The summed E-state index contributed by atoms with van der Waals surface area (Å²) in [6.07, 6.45) is 0. The highest BCUT2D eigenvalue weighted by atomic mass is 79.9. The lowest BCUT2D eigenvalue weighted by Gasteiger charge is -2.06. The molecule has 8 heteroatoms. The third-order valence-corrected chi connectivity index (χ3v) is 4.01. The first kappa shape index (κ1) is 14.6. The first-order valence-corrected chi connectivity index (χ1v) is 7.25. The van der Waals surface area contributed by atoms with Gasteiger partial charge < -0.3 is 5.32 Å². The van der Waals surface area contributed by atoms with E-state index in [0.717, 1.165) is 10.0 Å². The molecule has 0 aliphatic heterocycles. The Morgan fingerprint density at radius 1 is 1.15 bits per heavy atom. The molecular formula is C12H11BrN4O2S. The largest absolute Gasteiger partial charge is 0.318 e. The fraction of sp³-hybridized carbons (Fsp3) is 0.167. The zero-order valence-electron chi connectivity index (χ0n) is 10.7. The Labute approximate surface area is 127 Å². The van der Waals surface area contributed by atoms with Gasteiger partial charge in [0.2, 0.25) is 5.13 Å². The highest BCUT2D eigenvalue weighted by molar-refractivity contribution is 9.10. The van der Waals surface area contributed by atoms with E-state index >= 15 is 0 Å². The van der Waals surface area contributed by atoms with Crippen LogP contribution < -0.4 is 10.6 Å². The van der Waals surface area contributed by atoms with E-state index in [-0.39, 0.29) is 0 Å². The lowest BCUT2D eigenvalue weighted by Crippen LogP contribution is -2.29. The van der Waals surface area contributed by atoms with Crippen molar-refractivity contribution >= 4 is 49.9 Å². The van der Waals surface area contributed by atoms with Gasteiger partial charge in [-0.2, -0.15) is 0 Å². The van der Waals surface area contributed by atoms with Crippen molar-refractivity contribution in [2.75, 3.05) is 10.6 Å². The monoisotopic (exact) mass is 354 g/mol. The lowest BCUT2D eigenvalue weighted by atomic mass is 10.2. The number of nitrogens with zero attached hydrogens (tertiary/aromatic N) is 2. The number of hydrogen-bond donors (Lipinski definition) is 2. The number of rotatable bonds is 2. The van der Waals surface area contributed by atoms with Crippen LogP contribution in [-0.2, 0) is 9.59 Å². The summed E-state index contributed by atoms with van der Waals surface area (Å²) >= 11 is 4.57. The second kappa shape index (κ2) is 6.10. The number of aryl methyl sites for hydroxylation is 2. The van der Waals surface area contributed by atoms with E-state index in [1.165, 1.54) is 11.3 Å². The maximum Gasteiger partial charge on any atom is 0.315 e. The highest BCUT2D eigenvalue weighted by Gasteiger charge is 2.16. The van der Waals surface area contributed by atoms with E-state index in [0.29, 0.717) is 15.8 Å². The molecule has 2 rings (SSSR count). The molecule has 104 valence electrons. The van der Waals surface area contributed by atoms with Crippen LogP contribution in [0.25, 0.3) is 0 Å². The summed E-state index contributed by atoms with van der Waals surface area (Å²) in [6.45, 7) is 3.65. The van der Waals surface area contributed by atoms with Gasteiger partial charge >= 0.3 is 11.8 Å². The molecule has 0 atom stereocenters. The molecule has 0 aliphatic carbocycles. The second-order valence-electron chi connectivity index (χ2n) is 4.00. The molecule has 0 saturated heterocycles. The number of benzene rings is 1. The molecule has 20 heavy (non-hydrogen) atoms. The van der Waals surface area contributed by atoms with Crippen LogP contribution in [0.4, 0.5) is 10.8 Å². The average Bonchev–Trinajstić information content (AvgIpc) is 2.79. The maximum absolute atomic E-state index is 11.7. The van der Waals surface area contributed by atoms with Crippen LogP contribution in [0.2, 0.25) is 0 Å². The SMILES string of the molecule is Cc1nnc(NC(=O)C(=O)Nc2ccc(Br)c(C)c2)s1. The molecule has 2 aromatic rings. The number of hydrogen-bond acceptors (Lipinski definition) is 5. The van der Waals surface area contributed by atoms with E-state index in [2.05, 4.69) is 36.8 Å². The fourth-order valence-electron chi connectivity index (χ4n) is 1.41. The number of carbonyl (C=O) groups is 2. The van der Waals surface area contributed by atoms with Crippen molar-refractivity contribution in [3.63, 3.8) is 0 Å². The number of halogens is 1. The summed E-state index contributed by atoms with van der Waals surface area (Å²) < 4.78 is 0.935. The Bertz CT molecular complexity index is 671. The molecule has 0 unspecified atom stereocenters. The van der Waals surface area contributed by atoms with Gasteiger partial charge in [0, 0.05) is 10.2 Å². The van der Waals surface area contributed by atoms with E-state index in [1.807, 2.05) is 6.92 Å². The molecule has 2 N–H and O–H groups in total. The molecule has 0 aliphatic rings. The first-order valence-electron chi connectivity index (χ1n) is 5.64. The van der Waals surface area contributed by atoms with Gasteiger partial charge in [-0.15, -0.1) is 10.2 Å². The summed E-state index contributed by atoms with van der Waals surface area (Å²) in [5.74, 6) is -1.53. The predicted octanol–water partition coefficient (Wildman–Crippen LogP) is 2.49. The molecule has 0 radical (unpaired) electrons. The molecule has 2 amide bonds. The first-order chi connectivity index (χ1) is 9.45. The van der Waals surface area contributed by atoms with Gasteiger partial charge in [0.25, 0.3) is 0 Å². The van der Waals surface area contributed by atoms with Crippen LogP contribution >= 0.6 is 27.3 Å². The topological polar surface area (TPSA) is 84.0 Å². The summed E-state index contributed by atoms with van der Waals surface area (Å²) in [5, 5.41) is 13.4. The van der Waals surface area contributed by atoms with Gasteiger partial charge in [-0.25, -0.2) is 0 Å². The van der Waals surface area contributed by atoms with Gasteiger partial charge in [-0.05, 0) is 37.6 Å². The summed E-state index contributed by atoms with van der Waals surface area (Å²) in [7, 11) is 0.